The van der Waals surface area contributed by atoms with E-state index in [9.17, 15) is 23.8 Å². The van der Waals surface area contributed by atoms with E-state index in [1.54, 1.807) is 37.4 Å². The Morgan fingerprint density at radius 3 is 2.31 bits per heavy atom. The molecule has 0 spiro atoms. The average Bonchev–Trinajstić information content (AvgIpc) is 2.95. The number of benzene rings is 4. The van der Waals surface area contributed by atoms with Crippen LogP contribution in [0.5, 0.6) is 5.75 Å². The van der Waals surface area contributed by atoms with E-state index in [4.69, 9.17) is 10.5 Å². The van der Waals surface area contributed by atoms with Gasteiger partial charge in [0, 0.05) is 30.8 Å². The number of nitrogens with zero attached hydrogens (tertiary/aromatic N) is 1. The van der Waals surface area contributed by atoms with Crippen molar-refractivity contribution in [2.24, 2.45) is 5.73 Å². The van der Waals surface area contributed by atoms with Crippen molar-refractivity contribution in [2.45, 2.75) is 45.1 Å². The summed E-state index contributed by atoms with van der Waals surface area (Å²) in [5.74, 6) is -1.22. The first-order chi connectivity index (χ1) is 20.0. The molecule has 4 aromatic rings. The van der Waals surface area contributed by atoms with Crippen molar-refractivity contribution >= 4 is 5.91 Å². The third-order valence-electron chi connectivity index (χ3n) is 7.24. The summed E-state index contributed by atoms with van der Waals surface area (Å²) in [6.45, 7) is 3.76. The largest absolute Gasteiger partial charge is 0.497 e. The first-order valence-corrected chi connectivity index (χ1v) is 13.7. The maximum absolute atomic E-state index is 14.0. The lowest BCUT2D eigenvalue weighted by Gasteiger charge is -2.29. The molecule has 0 bridgehead atoms. The van der Waals surface area contributed by atoms with Gasteiger partial charge in [0.15, 0.2) is 0 Å². The minimum absolute atomic E-state index is 0.00818. The lowest BCUT2D eigenvalue weighted by atomic mass is 9.94. The smallest absolute Gasteiger partial charge is 0.254 e. The molecule has 3 atom stereocenters. The minimum atomic E-state index is -1.20. The highest BCUT2D eigenvalue weighted by Gasteiger charge is 2.25. The summed E-state index contributed by atoms with van der Waals surface area (Å²) in [5.41, 5.74) is 10.7. The Bertz CT molecular complexity index is 1520. The quantitative estimate of drug-likeness (QED) is 0.228. The summed E-state index contributed by atoms with van der Waals surface area (Å²) in [6.07, 6.45) is -2.13. The zero-order valence-corrected chi connectivity index (χ0v) is 23.9. The molecule has 0 fully saturated rings. The monoisotopic (exact) mass is 574 g/mol. The van der Waals surface area contributed by atoms with Crippen LogP contribution in [0.25, 0.3) is 0 Å². The van der Waals surface area contributed by atoms with Crippen LogP contribution >= 0.6 is 0 Å². The van der Waals surface area contributed by atoms with Crippen molar-refractivity contribution in [3.05, 3.63) is 136 Å². The number of carbonyl (C=O) groups is 1. The van der Waals surface area contributed by atoms with E-state index in [0.29, 0.717) is 22.4 Å². The SMILES string of the molecule is COc1cccc(CN(C[C@@H](O)[C@@H](N)Cc2cc(F)cc(F)c2)C(=O)c2cc(C)cc(C(O)c3ccccc3C)c2)c1. The molecular weight excluding hydrogens is 538 g/mol. The molecule has 1 amide bonds. The van der Waals surface area contributed by atoms with Crippen molar-refractivity contribution in [2.75, 3.05) is 13.7 Å². The van der Waals surface area contributed by atoms with Gasteiger partial charge in [-0.15, -0.1) is 0 Å². The van der Waals surface area contributed by atoms with Crippen LogP contribution in [0.2, 0.25) is 0 Å². The summed E-state index contributed by atoms with van der Waals surface area (Å²) in [7, 11) is 1.55. The van der Waals surface area contributed by atoms with Crippen LogP contribution in [0.4, 0.5) is 8.78 Å². The number of halogens is 2. The molecule has 4 aromatic carbocycles. The van der Waals surface area contributed by atoms with Crippen LogP contribution in [0.1, 0.15) is 49.8 Å². The van der Waals surface area contributed by atoms with Gasteiger partial charge in [-0.3, -0.25) is 4.79 Å². The second-order valence-electron chi connectivity index (χ2n) is 10.6. The summed E-state index contributed by atoms with van der Waals surface area (Å²) in [4.78, 5) is 15.5. The van der Waals surface area contributed by atoms with Gasteiger partial charge in [-0.1, -0.05) is 42.5 Å². The number of aliphatic hydroxyl groups excluding tert-OH is 2. The summed E-state index contributed by atoms with van der Waals surface area (Å²) >= 11 is 0. The summed E-state index contributed by atoms with van der Waals surface area (Å²) < 4.78 is 32.8. The molecule has 6 nitrogen and oxygen atoms in total. The molecule has 0 aliphatic heterocycles. The van der Waals surface area contributed by atoms with Gasteiger partial charge < -0.3 is 25.6 Å². The molecule has 0 aliphatic rings. The zero-order chi connectivity index (χ0) is 30.4. The first kappa shape index (κ1) is 30.8. The Kier molecular flexibility index (Phi) is 10.1. The van der Waals surface area contributed by atoms with Crippen LogP contribution in [0, 0.1) is 25.5 Å². The minimum Gasteiger partial charge on any atom is -0.497 e. The van der Waals surface area contributed by atoms with Crippen molar-refractivity contribution in [1.29, 1.82) is 0 Å². The predicted molar refractivity (Wildman–Crippen MR) is 158 cm³/mol. The average molecular weight is 575 g/mol. The maximum atomic E-state index is 14.0. The van der Waals surface area contributed by atoms with Gasteiger partial charge in [-0.2, -0.15) is 0 Å². The number of nitrogens with two attached hydrogens (primary N) is 1. The van der Waals surface area contributed by atoms with Gasteiger partial charge >= 0.3 is 0 Å². The van der Waals surface area contributed by atoms with Crippen LogP contribution in [0.15, 0.2) is 84.9 Å². The molecule has 0 aromatic heterocycles. The Morgan fingerprint density at radius 2 is 1.62 bits per heavy atom. The maximum Gasteiger partial charge on any atom is 0.254 e. The van der Waals surface area contributed by atoms with Gasteiger partial charge in [-0.25, -0.2) is 8.78 Å². The van der Waals surface area contributed by atoms with E-state index in [1.165, 1.54) is 17.0 Å². The number of hydrogen-bond donors (Lipinski definition) is 3. The fourth-order valence-corrected chi connectivity index (χ4v) is 5.06. The second-order valence-corrected chi connectivity index (χ2v) is 10.6. The van der Waals surface area contributed by atoms with E-state index < -0.39 is 29.9 Å². The first-order valence-electron chi connectivity index (χ1n) is 13.7. The van der Waals surface area contributed by atoms with Gasteiger partial charge in [0.25, 0.3) is 5.91 Å². The van der Waals surface area contributed by atoms with Gasteiger partial charge in [0.2, 0.25) is 0 Å². The molecule has 1 unspecified atom stereocenters. The fraction of sp³-hybridized carbons (Fsp3) is 0.265. The van der Waals surface area contributed by atoms with E-state index in [2.05, 4.69) is 0 Å². The van der Waals surface area contributed by atoms with Crippen LogP contribution in [0.3, 0.4) is 0 Å². The Morgan fingerprint density at radius 1 is 0.905 bits per heavy atom. The van der Waals surface area contributed by atoms with E-state index in [0.717, 1.165) is 28.3 Å². The predicted octanol–water partition coefficient (Wildman–Crippen LogP) is 5.25. The highest BCUT2D eigenvalue weighted by molar-refractivity contribution is 5.94. The molecule has 8 heteroatoms. The molecule has 4 rings (SSSR count). The van der Waals surface area contributed by atoms with Crippen molar-refractivity contribution in [3.8, 4) is 5.75 Å². The van der Waals surface area contributed by atoms with Crippen molar-refractivity contribution < 1.29 is 28.5 Å². The van der Waals surface area contributed by atoms with Crippen molar-refractivity contribution in [1.82, 2.24) is 4.90 Å². The third kappa shape index (κ3) is 7.79. The van der Waals surface area contributed by atoms with Crippen molar-refractivity contribution in [3.63, 3.8) is 0 Å². The van der Waals surface area contributed by atoms with Gasteiger partial charge in [0.1, 0.15) is 23.5 Å². The topological polar surface area (TPSA) is 96.0 Å². The van der Waals surface area contributed by atoms with Crippen LogP contribution in [-0.4, -0.2) is 46.8 Å². The number of carbonyl (C=O) groups excluding carboxylic acids is 1. The van der Waals surface area contributed by atoms with Crippen LogP contribution < -0.4 is 10.5 Å². The second kappa shape index (κ2) is 13.7. The highest BCUT2D eigenvalue weighted by atomic mass is 19.1. The lowest BCUT2D eigenvalue weighted by molar-refractivity contribution is 0.0554. The number of methoxy groups -OCH3 is 1. The summed E-state index contributed by atoms with van der Waals surface area (Å²) in [6, 6.07) is 22.2. The van der Waals surface area contributed by atoms with Gasteiger partial charge in [-0.05, 0) is 90.0 Å². The normalized spacial score (nSPS) is 13.3. The molecule has 220 valence electrons. The van der Waals surface area contributed by atoms with Crippen LogP contribution in [-0.2, 0) is 13.0 Å². The molecule has 0 saturated heterocycles. The standard InChI is InChI=1S/C34H36F2N2O4/c1-21-11-25(33(40)30-10-5-4-7-22(30)2)17-26(12-21)34(41)38(19-23-8-6-9-29(15-23)42-3)20-32(39)31(37)16-24-13-27(35)18-28(36)14-24/h4-15,17-18,31-33,39-40H,16,19-20,37H2,1-3H3/t31-,32+,33?/m0/s1. The summed E-state index contributed by atoms with van der Waals surface area (Å²) in [5, 5.41) is 22.3. The highest BCUT2D eigenvalue weighted by Crippen LogP contribution is 2.27. The Labute approximate surface area is 245 Å². The molecule has 0 saturated carbocycles. The molecule has 0 aliphatic carbocycles. The number of rotatable bonds is 11. The molecule has 4 N–H and O–H groups in total. The number of ether oxygens (including phenoxy) is 1. The van der Waals surface area contributed by atoms with E-state index >= 15 is 0 Å². The molecule has 0 heterocycles. The van der Waals surface area contributed by atoms with Gasteiger partial charge in [0.05, 0.1) is 13.2 Å². The number of amides is 1. The van der Waals surface area contributed by atoms with E-state index in [-0.39, 0.29) is 25.4 Å². The molecular formula is C34H36F2N2O4. The Hall–Kier alpha value is -4.11. The molecule has 42 heavy (non-hydrogen) atoms. The number of aryl methyl sites for hydroxylation is 2. The zero-order valence-electron chi connectivity index (χ0n) is 23.9. The number of aliphatic hydroxyl groups is 2. The Balaban J connectivity index is 1.63. The lowest BCUT2D eigenvalue weighted by Crippen LogP contribution is -2.46. The van der Waals surface area contributed by atoms with E-state index in [1.807, 2.05) is 50.2 Å². The molecule has 0 radical (unpaired) electrons. The number of hydrogen-bond acceptors (Lipinski definition) is 5. The fourth-order valence-electron chi connectivity index (χ4n) is 5.06. The third-order valence-corrected chi connectivity index (χ3v) is 7.24.